The van der Waals surface area contributed by atoms with Crippen LogP contribution in [0.4, 0.5) is 0 Å². The summed E-state index contributed by atoms with van der Waals surface area (Å²) in [6, 6.07) is 28.2. The first kappa shape index (κ1) is 20.8. The van der Waals surface area contributed by atoms with Gasteiger partial charge in [0.05, 0.1) is 0 Å². The second kappa shape index (κ2) is 8.43. The highest BCUT2D eigenvalue weighted by molar-refractivity contribution is 5.72. The van der Waals surface area contributed by atoms with Gasteiger partial charge in [0.25, 0.3) is 0 Å². The van der Waals surface area contributed by atoms with E-state index in [2.05, 4.69) is 100 Å². The van der Waals surface area contributed by atoms with Crippen LogP contribution < -0.4 is 0 Å². The summed E-state index contributed by atoms with van der Waals surface area (Å²) in [4.78, 5) is 0. The molecule has 4 aromatic carbocycles. The van der Waals surface area contributed by atoms with E-state index in [0.29, 0.717) is 0 Å². The lowest BCUT2D eigenvalue weighted by Gasteiger charge is -2.18. The van der Waals surface area contributed by atoms with Gasteiger partial charge in [0.15, 0.2) is 0 Å². The number of hydrogen-bond donors (Lipinski definition) is 0. The van der Waals surface area contributed by atoms with Gasteiger partial charge in [-0.2, -0.15) is 0 Å². The zero-order valence-corrected chi connectivity index (χ0v) is 19.8. The topological polar surface area (TPSA) is 0 Å². The highest BCUT2D eigenvalue weighted by Gasteiger charge is 2.14. The van der Waals surface area contributed by atoms with Crippen molar-refractivity contribution in [1.82, 2.24) is 0 Å². The number of aryl methyl sites for hydroxylation is 8. The summed E-state index contributed by atoms with van der Waals surface area (Å²) < 4.78 is 0. The molecule has 0 aromatic heterocycles. The summed E-state index contributed by atoms with van der Waals surface area (Å²) >= 11 is 0. The Morgan fingerprint density at radius 2 is 0.844 bits per heavy atom. The summed E-state index contributed by atoms with van der Waals surface area (Å²) in [6.45, 7) is 8.83. The van der Waals surface area contributed by atoms with E-state index in [0.717, 1.165) is 25.7 Å². The molecule has 0 N–H and O–H groups in total. The summed E-state index contributed by atoms with van der Waals surface area (Å²) in [6.07, 6.45) is 4.26. The lowest BCUT2D eigenvalue weighted by Crippen LogP contribution is -2.02. The Labute approximate surface area is 193 Å². The molecule has 160 valence electrons. The molecule has 4 bridgehead atoms. The molecule has 0 saturated carbocycles. The van der Waals surface area contributed by atoms with E-state index in [-0.39, 0.29) is 0 Å². The van der Waals surface area contributed by atoms with Crippen molar-refractivity contribution in [1.29, 1.82) is 0 Å². The van der Waals surface area contributed by atoms with E-state index < -0.39 is 0 Å². The maximum absolute atomic E-state index is 2.44. The van der Waals surface area contributed by atoms with E-state index in [1.165, 1.54) is 66.8 Å². The predicted octanol–water partition coefficient (Wildman–Crippen LogP) is 8.14. The third kappa shape index (κ3) is 4.02. The second-order valence-electron chi connectivity index (χ2n) is 9.58. The minimum atomic E-state index is 1.06. The summed E-state index contributed by atoms with van der Waals surface area (Å²) in [5.74, 6) is 0. The largest absolute Gasteiger partial charge is 0.0587 e. The normalized spacial score (nSPS) is 13.1. The Hall–Kier alpha value is -3.12. The fraction of sp³-hybridized carbons (Fsp3) is 0.250. The van der Waals surface area contributed by atoms with Crippen LogP contribution in [0.5, 0.6) is 0 Å². The van der Waals surface area contributed by atoms with Crippen molar-refractivity contribution in [2.45, 2.75) is 53.4 Å². The van der Waals surface area contributed by atoms with Crippen LogP contribution in [-0.2, 0) is 25.7 Å². The van der Waals surface area contributed by atoms with Crippen LogP contribution in [0.15, 0.2) is 72.8 Å². The maximum Gasteiger partial charge on any atom is -0.0149 e. The summed E-state index contributed by atoms with van der Waals surface area (Å²) in [7, 11) is 0. The van der Waals surface area contributed by atoms with E-state index in [1.807, 2.05) is 0 Å². The van der Waals surface area contributed by atoms with E-state index >= 15 is 0 Å². The van der Waals surface area contributed by atoms with Crippen LogP contribution in [0.1, 0.15) is 44.5 Å². The molecule has 0 nitrogen and oxygen atoms in total. The molecular weight excluding hydrogens is 384 g/mol. The Balaban J connectivity index is 1.58. The lowest BCUT2D eigenvalue weighted by atomic mass is 9.87. The van der Waals surface area contributed by atoms with Gasteiger partial charge < -0.3 is 0 Å². The van der Waals surface area contributed by atoms with Crippen LogP contribution in [0.25, 0.3) is 22.3 Å². The van der Waals surface area contributed by atoms with Gasteiger partial charge in [0.2, 0.25) is 0 Å². The summed E-state index contributed by atoms with van der Waals surface area (Å²) in [5, 5.41) is 0. The second-order valence-corrected chi connectivity index (χ2v) is 9.58. The van der Waals surface area contributed by atoms with Gasteiger partial charge in [-0.25, -0.2) is 0 Å². The van der Waals surface area contributed by atoms with Crippen molar-refractivity contribution >= 4 is 0 Å². The van der Waals surface area contributed by atoms with Crippen LogP contribution >= 0.6 is 0 Å². The molecule has 32 heavy (non-hydrogen) atoms. The lowest BCUT2D eigenvalue weighted by molar-refractivity contribution is 0.925. The average Bonchev–Trinajstić information content (AvgIpc) is 2.79. The van der Waals surface area contributed by atoms with Crippen LogP contribution in [0.3, 0.4) is 0 Å². The molecule has 8 rings (SSSR count). The van der Waals surface area contributed by atoms with Gasteiger partial charge in [-0.1, -0.05) is 72.8 Å². The van der Waals surface area contributed by atoms with Gasteiger partial charge in [0, 0.05) is 0 Å². The van der Waals surface area contributed by atoms with Gasteiger partial charge in [-0.15, -0.1) is 0 Å². The molecule has 4 aromatic rings. The first-order valence-corrected chi connectivity index (χ1v) is 11.9. The van der Waals surface area contributed by atoms with Crippen molar-refractivity contribution in [3.05, 3.63) is 117 Å². The van der Waals surface area contributed by atoms with Crippen molar-refractivity contribution in [2.75, 3.05) is 0 Å². The molecule has 0 unspecified atom stereocenters. The molecule has 0 spiro atoms. The molecule has 4 aliphatic rings. The predicted molar refractivity (Wildman–Crippen MR) is 138 cm³/mol. The highest BCUT2D eigenvalue weighted by Crippen LogP contribution is 2.32. The Morgan fingerprint density at radius 1 is 0.406 bits per heavy atom. The van der Waals surface area contributed by atoms with Gasteiger partial charge in [-0.05, 0) is 120 Å². The first-order chi connectivity index (χ1) is 15.5. The molecule has 0 atom stereocenters. The van der Waals surface area contributed by atoms with Gasteiger partial charge in [-0.3, -0.25) is 0 Å². The minimum Gasteiger partial charge on any atom is -0.0587 e. The number of benzene rings is 4. The fourth-order valence-electron chi connectivity index (χ4n) is 4.91. The fourth-order valence-corrected chi connectivity index (χ4v) is 4.91. The molecule has 4 aliphatic carbocycles. The monoisotopic (exact) mass is 416 g/mol. The van der Waals surface area contributed by atoms with E-state index in [1.54, 1.807) is 0 Å². The Kier molecular flexibility index (Phi) is 5.47. The van der Waals surface area contributed by atoms with Crippen LogP contribution in [0.2, 0.25) is 0 Å². The molecular formula is C32H32. The van der Waals surface area contributed by atoms with Gasteiger partial charge in [0.1, 0.15) is 0 Å². The highest BCUT2D eigenvalue weighted by atomic mass is 14.2. The third-order valence-corrected chi connectivity index (χ3v) is 7.35. The first-order valence-electron chi connectivity index (χ1n) is 11.9. The quantitative estimate of drug-likeness (QED) is 0.309. The van der Waals surface area contributed by atoms with Crippen molar-refractivity contribution < 1.29 is 0 Å². The summed E-state index contributed by atoms with van der Waals surface area (Å²) in [5.41, 5.74) is 16.7. The maximum atomic E-state index is 2.44. The Morgan fingerprint density at radius 3 is 1.25 bits per heavy atom. The molecule has 0 heterocycles. The average molecular weight is 417 g/mol. The zero-order valence-electron chi connectivity index (χ0n) is 19.8. The van der Waals surface area contributed by atoms with Crippen LogP contribution in [0, 0.1) is 27.7 Å². The standard InChI is InChI=1S/C32H32/c1-21-5-11-29(17-23(21)3)31-19-25-7-8-26-10-14-28(16-15-27(31)13-9-25)32(20-26)30-12-6-22(2)24(4)18-30/h5-6,9-14,17-20H,7-8,15-16H2,1-4H3. The zero-order chi connectivity index (χ0) is 22.2. The van der Waals surface area contributed by atoms with Crippen molar-refractivity contribution in [2.24, 2.45) is 0 Å². The van der Waals surface area contributed by atoms with E-state index in [9.17, 15) is 0 Å². The molecule has 0 saturated heterocycles. The van der Waals surface area contributed by atoms with E-state index in [4.69, 9.17) is 0 Å². The molecule has 0 amide bonds. The number of rotatable bonds is 2. The SMILES string of the molecule is Cc1ccc(-c2cc3ccc2CCc2ccc(cc2-c2ccc(C)c(C)c2)CC3)cc1C. The van der Waals surface area contributed by atoms with Crippen LogP contribution in [-0.4, -0.2) is 0 Å². The minimum absolute atomic E-state index is 1.06. The third-order valence-electron chi connectivity index (χ3n) is 7.35. The molecule has 0 heteroatoms. The molecule has 0 radical (unpaired) electrons. The number of hydrogen-bond acceptors (Lipinski definition) is 0. The van der Waals surface area contributed by atoms with Crippen molar-refractivity contribution in [3.63, 3.8) is 0 Å². The van der Waals surface area contributed by atoms with Crippen molar-refractivity contribution in [3.8, 4) is 22.3 Å². The Bertz CT molecular complexity index is 1200. The smallest absolute Gasteiger partial charge is 0.0149 e. The van der Waals surface area contributed by atoms with Gasteiger partial charge >= 0.3 is 0 Å². The molecule has 0 fully saturated rings. The molecule has 0 aliphatic heterocycles.